The molecule has 2 rings (SSSR count). The van der Waals surface area contributed by atoms with E-state index in [0.29, 0.717) is 6.04 Å². The molecular formula is C14H24N4. The lowest BCUT2D eigenvalue weighted by atomic mass is 10.1. The summed E-state index contributed by atoms with van der Waals surface area (Å²) >= 11 is 0. The fourth-order valence-corrected chi connectivity index (χ4v) is 2.57. The summed E-state index contributed by atoms with van der Waals surface area (Å²) in [4.78, 5) is 11.1. The standard InChI is InChI=1S/C14H24N4/c1-4-7-18-8-5-6-13(9-18)17-14-11(2)12(3)15-10-16-14/h10,13H,4-9H2,1-3H3,(H,15,16,17)/t13-/m0/s1. The van der Waals surface area contributed by atoms with Gasteiger partial charge in [-0.2, -0.15) is 0 Å². The van der Waals surface area contributed by atoms with Crippen LogP contribution in [0.15, 0.2) is 6.33 Å². The maximum atomic E-state index is 4.36. The van der Waals surface area contributed by atoms with Crippen molar-refractivity contribution in [1.29, 1.82) is 0 Å². The van der Waals surface area contributed by atoms with Gasteiger partial charge in [0.05, 0.1) is 0 Å². The first-order valence-corrected chi connectivity index (χ1v) is 6.97. The maximum Gasteiger partial charge on any atom is 0.132 e. The van der Waals surface area contributed by atoms with Gasteiger partial charge in [-0.15, -0.1) is 0 Å². The van der Waals surface area contributed by atoms with Crippen LogP contribution in [0.3, 0.4) is 0 Å². The van der Waals surface area contributed by atoms with E-state index in [1.807, 2.05) is 6.92 Å². The SMILES string of the molecule is CCCN1CCC[C@H](Nc2ncnc(C)c2C)C1. The molecule has 0 spiro atoms. The van der Waals surface area contributed by atoms with Crippen molar-refractivity contribution < 1.29 is 0 Å². The highest BCUT2D eigenvalue weighted by atomic mass is 15.2. The Morgan fingerprint density at radius 3 is 3.00 bits per heavy atom. The third-order valence-electron chi connectivity index (χ3n) is 3.72. The quantitative estimate of drug-likeness (QED) is 0.888. The lowest BCUT2D eigenvalue weighted by Crippen LogP contribution is -2.42. The number of likely N-dealkylation sites (tertiary alicyclic amines) is 1. The lowest BCUT2D eigenvalue weighted by molar-refractivity contribution is 0.216. The Kier molecular flexibility index (Phi) is 4.53. The highest BCUT2D eigenvalue weighted by molar-refractivity contribution is 5.45. The van der Waals surface area contributed by atoms with E-state index in [0.717, 1.165) is 18.1 Å². The smallest absolute Gasteiger partial charge is 0.132 e. The second-order valence-corrected chi connectivity index (χ2v) is 5.22. The molecule has 0 aliphatic carbocycles. The van der Waals surface area contributed by atoms with Gasteiger partial charge in [0.25, 0.3) is 0 Å². The van der Waals surface area contributed by atoms with Crippen LogP contribution in [0.5, 0.6) is 0 Å². The Bertz CT molecular complexity index is 389. The number of nitrogens with one attached hydrogen (secondary N) is 1. The van der Waals surface area contributed by atoms with Crippen molar-refractivity contribution in [1.82, 2.24) is 14.9 Å². The zero-order valence-electron chi connectivity index (χ0n) is 11.7. The van der Waals surface area contributed by atoms with Crippen molar-refractivity contribution in [2.75, 3.05) is 25.0 Å². The van der Waals surface area contributed by atoms with Gasteiger partial charge in [0.1, 0.15) is 12.1 Å². The molecule has 1 fully saturated rings. The Morgan fingerprint density at radius 2 is 2.22 bits per heavy atom. The molecule has 18 heavy (non-hydrogen) atoms. The first kappa shape index (κ1) is 13.3. The topological polar surface area (TPSA) is 41.0 Å². The average molecular weight is 248 g/mol. The molecule has 1 aromatic rings. The normalized spacial score (nSPS) is 20.9. The van der Waals surface area contributed by atoms with Crippen LogP contribution >= 0.6 is 0 Å². The number of nitrogens with zero attached hydrogens (tertiary/aromatic N) is 3. The van der Waals surface area contributed by atoms with E-state index in [1.54, 1.807) is 6.33 Å². The summed E-state index contributed by atoms with van der Waals surface area (Å²) in [6, 6.07) is 0.526. The zero-order valence-corrected chi connectivity index (χ0v) is 11.7. The summed E-state index contributed by atoms with van der Waals surface area (Å²) in [6.45, 7) is 9.95. The van der Waals surface area contributed by atoms with E-state index in [2.05, 4.69) is 34.0 Å². The Morgan fingerprint density at radius 1 is 1.39 bits per heavy atom. The Balaban J connectivity index is 1.98. The van der Waals surface area contributed by atoms with Crippen LogP contribution in [-0.2, 0) is 0 Å². The Labute approximate surface area is 110 Å². The van der Waals surface area contributed by atoms with Gasteiger partial charge in [-0.1, -0.05) is 6.92 Å². The van der Waals surface area contributed by atoms with Crippen LogP contribution in [0.1, 0.15) is 37.4 Å². The average Bonchev–Trinajstić information content (AvgIpc) is 2.36. The van der Waals surface area contributed by atoms with Crippen LogP contribution in [0.25, 0.3) is 0 Å². The van der Waals surface area contributed by atoms with Gasteiger partial charge in [-0.25, -0.2) is 9.97 Å². The molecular weight excluding hydrogens is 224 g/mol. The number of anilines is 1. The minimum absolute atomic E-state index is 0.526. The molecule has 0 saturated carbocycles. The largest absolute Gasteiger partial charge is 0.366 e. The van der Waals surface area contributed by atoms with Crippen molar-refractivity contribution in [3.05, 3.63) is 17.6 Å². The van der Waals surface area contributed by atoms with Gasteiger partial charge in [-0.3, -0.25) is 0 Å². The third-order valence-corrected chi connectivity index (χ3v) is 3.72. The maximum absolute atomic E-state index is 4.36. The highest BCUT2D eigenvalue weighted by Crippen LogP contribution is 2.18. The Hall–Kier alpha value is -1.16. The summed E-state index contributed by atoms with van der Waals surface area (Å²) < 4.78 is 0. The number of hydrogen-bond donors (Lipinski definition) is 1. The van der Waals surface area contributed by atoms with Crippen molar-refractivity contribution in [2.45, 2.75) is 46.1 Å². The number of hydrogen-bond acceptors (Lipinski definition) is 4. The number of piperidine rings is 1. The van der Waals surface area contributed by atoms with Gasteiger partial charge >= 0.3 is 0 Å². The van der Waals surface area contributed by atoms with Crippen LogP contribution in [0.4, 0.5) is 5.82 Å². The van der Waals surface area contributed by atoms with Crippen LogP contribution in [-0.4, -0.2) is 40.5 Å². The molecule has 1 saturated heterocycles. The number of aromatic nitrogens is 2. The molecule has 100 valence electrons. The van der Waals surface area contributed by atoms with E-state index in [1.165, 1.54) is 37.9 Å². The van der Waals surface area contributed by atoms with Gasteiger partial charge in [0.15, 0.2) is 0 Å². The predicted molar refractivity (Wildman–Crippen MR) is 74.9 cm³/mol. The molecule has 1 atom stereocenters. The van der Waals surface area contributed by atoms with Crippen LogP contribution in [0, 0.1) is 13.8 Å². The van der Waals surface area contributed by atoms with E-state index in [4.69, 9.17) is 0 Å². The van der Waals surface area contributed by atoms with E-state index < -0.39 is 0 Å². The minimum atomic E-state index is 0.526. The summed E-state index contributed by atoms with van der Waals surface area (Å²) in [5.74, 6) is 1.01. The fraction of sp³-hybridized carbons (Fsp3) is 0.714. The number of aryl methyl sites for hydroxylation is 1. The van der Waals surface area contributed by atoms with Gasteiger partial charge < -0.3 is 10.2 Å². The predicted octanol–water partition coefficient (Wildman–Crippen LogP) is 2.38. The summed E-state index contributed by atoms with van der Waals surface area (Å²) in [6.07, 6.45) is 5.40. The number of rotatable bonds is 4. The molecule has 1 aliphatic heterocycles. The first-order chi connectivity index (χ1) is 8.70. The molecule has 0 radical (unpaired) electrons. The summed E-state index contributed by atoms with van der Waals surface area (Å²) in [5, 5.41) is 3.59. The van der Waals surface area contributed by atoms with E-state index in [9.17, 15) is 0 Å². The highest BCUT2D eigenvalue weighted by Gasteiger charge is 2.20. The molecule has 1 aliphatic rings. The van der Waals surface area contributed by atoms with Gasteiger partial charge in [0, 0.05) is 23.8 Å². The molecule has 1 aromatic heterocycles. The van der Waals surface area contributed by atoms with E-state index >= 15 is 0 Å². The second kappa shape index (κ2) is 6.14. The van der Waals surface area contributed by atoms with Gasteiger partial charge in [-0.05, 0) is 46.2 Å². The molecule has 0 amide bonds. The molecule has 4 nitrogen and oxygen atoms in total. The van der Waals surface area contributed by atoms with Crippen LogP contribution < -0.4 is 5.32 Å². The molecule has 0 bridgehead atoms. The van der Waals surface area contributed by atoms with Crippen molar-refractivity contribution >= 4 is 5.82 Å². The van der Waals surface area contributed by atoms with Crippen molar-refractivity contribution in [3.63, 3.8) is 0 Å². The van der Waals surface area contributed by atoms with Crippen LogP contribution in [0.2, 0.25) is 0 Å². The van der Waals surface area contributed by atoms with Gasteiger partial charge in [0.2, 0.25) is 0 Å². The monoisotopic (exact) mass is 248 g/mol. The van der Waals surface area contributed by atoms with E-state index in [-0.39, 0.29) is 0 Å². The molecule has 0 unspecified atom stereocenters. The third kappa shape index (κ3) is 3.19. The van der Waals surface area contributed by atoms with Crippen molar-refractivity contribution in [3.8, 4) is 0 Å². The second-order valence-electron chi connectivity index (χ2n) is 5.22. The molecule has 0 aromatic carbocycles. The summed E-state index contributed by atoms with van der Waals surface area (Å²) in [7, 11) is 0. The molecule has 2 heterocycles. The van der Waals surface area contributed by atoms with Crippen molar-refractivity contribution in [2.24, 2.45) is 0 Å². The summed E-state index contributed by atoms with van der Waals surface area (Å²) in [5.41, 5.74) is 2.24. The lowest BCUT2D eigenvalue weighted by Gasteiger charge is -2.33. The molecule has 1 N–H and O–H groups in total. The molecule has 4 heteroatoms. The minimum Gasteiger partial charge on any atom is -0.366 e. The zero-order chi connectivity index (χ0) is 13.0. The fourth-order valence-electron chi connectivity index (χ4n) is 2.57. The first-order valence-electron chi connectivity index (χ1n) is 6.97.